The lowest BCUT2D eigenvalue weighted by Crippen LogP contribution is -2.44. The summed E-state index contributed by atoms with van der Waals surface area (Å²) in [6, 6.07) is 5.41. The molecule has 0 aromatic heterocycles. The number of hydrogen-bond donors (Lipinski definition) is 1. The molecule has 1 aliphatic rings. The second-order valence-corrected chi connectivity index (χ2v) is 4.36. The molecular formula is C13H20ClFN2O. The van der Waals surface area contributed by atoms with Crippen molar-refractivity contribution < 1.29 is 9.13 Å². The van der Waals surface area contributed by atoms with E-state index in [2.05, 4.69) is 17.1 Å². The van der Waals surface area contributed by atoms with Crippen molar-refractivity contribution >= 4 is 12.4 Å². The third kappa shape index (κ3) is 3.34. The molecule has 5 heteroatoms. The van der Waals surface area contributed by atoms with E-state index in [1.165, 1.54) is 13.2 Å². The van der Waals surface area contributed by atoms with E-state index in [-0.39, 0.29) is 18.2 Å². The molecule has 1 aromatic carbocycles. The first-order valence-corrected chi connectivity index (χ1v) is 6.00. The van der Waals surface area contributed by atoms with Gasteiger partial charge < -0.3 is 10.1 Å². The van der Waals surface area contributed by atoms with Crippen LogP contribution in [0.3, 0.4) is 0 Å². The normalized spacial score (nSPS) is 17.9. The second kappa shape index (κ2) is 6.92. The molecule has 102 valence electrons. The zero-order valence-electron chi connectivity index (χ0n) is 10.8. The van der Waals surface area contributed by atoms with Crippen molar-refractivity contribution in [2.24, 2.45) is 0 Å². The third-order valence-corrected chi connectivity index (χ3v) is 3.36. The Morgan fingerprint density at radius 3 is 2.61 bits per heavy atom. The Morgan fingerprint density at radius 2 is 2.00 bits per heavy atom. The second-order valence-electron chi connectivity index (χ2n) is 4.36. The largest absolute Gasteiger partial charge is 0.494 e. The molecule has 3 nitrogen and oxygen atoms in total. The average molecular weight is 275 g/mol. The highest BCUT2D eigenvalue weighted by molar-refractivity contribution is 5.85. The molecule has 1 aromatic rings. The minimum absolute atomic E-state index is 0. The molecule has 2 rings (SSSR count). The summed E-state index contributed by atoms with van der Waals surface area (Å²) in [5.41, 5.74) is 1.10. The molecule has 0 amide bonds. The first-order chi connectivity index (χ1) is 8.22. The molecule has 1 fully saturated rings. The van der Waals surface area contributed by atoms with E-state index in [0.717, 1.165) is 31.7 Å². The predicted molar refractivity (Wildman–Crippen MR) is 73.1 cm³/mol. The zero-order valence-corrected chi connectivity index (χ0v) is 11.6. The Kier molecular flexibility index (Phi) is 5.85. The Morgan fingerprint density at radius 1 is 1.33 bits per heavy atom. The van der Waals surface area contributed by atoms with Crippen LogP contribution in [0, 0.1) is 5.82 Å². The van der Waals surface area contributed by atoms with Gasteiger partial charge in [0, 0.05) is 32.2 Å². The van der Waals surface area contributed by atoms with Crippen molar-refractivity contribution in [1.29, 1.82) is 0 Å². The lowest BCUT2D eigenvalue weighted by Gasteiger charge is -2.33. The van der Waals surface area contributed by atoms with E-state index in [9.17, 15) is 4.39 Å². The van der Waals surface area contributed by atoms with Gasteiger partial charge in [-0.05, 0) is 24.6 Å². The van der Waals surface area contributed by atoms with Crippen LogP contribution in [-0.4, -0.2) is 38.2 Å². The fraction of sp³-hybridized carbons (Fsp3) is 0.538. The number of hydrogen-bond acceptors (Lipinski definition) is 3. The molecular weight excluding hydrogens is 255 g/mol. The summed E-state index contributed by atoms with van der Waals surface area (Å²) < 4.78 is 18.3. The molecule has 0 spiro atoms. The number of ether oxygens (including phenoxy) is 1. The van der Waals surface area contributed by atoms with Gasteiger partial charge in [0.25, 0.3) is 0 Å². The van der Waals surface area contributed by atoms with E-state index in [1.54, 1.807) is 6.07 Å². The van der Waals surface area contributed by atoms with Gasteiger partial charge in [0.1, 0.15) is 0 Å². The summed E-state index contributed by atoms with van der Waals surface area (Å²) in [5, 5.41) is 3.33. The summed E-state index contributed by atoms with van der Waals surface area (Å²) in [7, 11) is 1.50. The first kappa shape index (κ1) is 15.2. The monoisotopic (exact) mass is 274 g/mol. The molecule has 1 saturated heterocycles. The van der Waals surface area contributed by atoms with Crippen molar-refractivity contribution in [3.8, 4) is 5.75 Å². The van der Waals surface area contributed by atoms with E-state index >= 15 is 0 Å². The molecule has 0 aliphatic carbocycles. The van der Waals surface area contributed by atoms with Crippen LogP contribution in [0.1, 0.15) is 18.5 Å². The Labute approximate surface area is 114 Å². The van der Waals surface area contributed by atoms with E-state index in [0.29, 0.717) is 11.8 Å². The molecule has 0 bridgehead atoms. The molecule has 1 heterocycles. The zero-order chi connectivity index (χ0) is 12.3. The predicted octanol–water partition coefficient (Wildman–Crippen LogP) is 2.22. The maximum Gasteiger partial charge on any atom is 0.165 e. The quantitative estimate of drug-likeness (QED) is 0.915. The summed E-state index contributed by atoms with van der Waals surface area (Å²) in [4.78, 5) is 2.39. The summed E-state index contributed by atoms with van der Waals surface area (Å²) in [6.07, 6.45) is 0. The third-order valence-electron chi connectivity index (χ3n) is 3.36. The van der Waals surface area contributed by atoms with Crippen molar-refractivity contribution in [2.75, 3.05) is 33.3 Å². The van der Waals surface area contributed by atoms with Crippen LogP contribution in [0.4, 0.5) is 4.39 Å². The van der Waals surface area contributed by atoms with Crippen LogP contribution in [0.25, 0.3) is 0 Å². The van der Waals surface area contributed by atoms with Gasteiger partial charge in [0.2, 0.25) is 0 Å². The van der Waals surface area contributed by atoms with Crippen molar-refractivity contribution in [1.82, 2.24) is 10.2 Å². The minimum Gasteiger partial charge on any atom is -0.494 e. The fourth-order valence-corrected chi connectivity index (χ4v) is 2.22. The highest BCUT2D eigenvalue weighted by Gasteiger charge is 2.18. The molecule has 0 radical (unpaired) electrons. The Hall–Kier alpha value is -0.840. The molecule has 0 saturated carbocycles. The van der Waals surface area contributed by atoms with Crippen molar-refractivity contribution in [3.63, 3.8) is 0 Å². The fourth-order valence-electron chi connectivity index (χ4n) is 2.22. The van der Waals surface area contributed by atoms with Gasteiger partial charge in [-0.1, -0.05) is 6.07 Å². The number of benzene rings is 1. The lowest BCUT2D eigenvalue weighted by atomic mass is 10.1. The van der Waals surface area contributed by atoms with Gasteiger partial charge in [-0.15, -0.1) is 12.4 Å². The Balaban J connectivity index is 0.00000162. The van der Waals surface area contributed by atoms with Gasteiger partial charge in [-0.2, -0.15) is 0 Å². The topological polar surface area (TPSA) is 24.5 Å². The standard InChI is InChI=1S/C13H19FN2O.ClH/c1-10(16-7-5-15-6-8-16)11-3-4-12(14)13(9-11)17-2;/h3-4,9-10,15H,5-8H2,1-2H3;1H/t10-;/m1./s1. The molecule has 1 atom stereocenters. The van der Waals surface area contributed by atoms with E-state index in [1.807, 2.05) is 6.07 Å². The van der Waals surface area contributed by atoms with Crippen LogP contribution >= 0.6 is 12.4 Å². The van der Waals surface area contributed by atoms with Crippen molar-refractivity contribution in [2.45, 2.75) is 13.0 Å². The smallest absolute Gasteiger partial charge is 0.165 e. The van der Waals surface area contributed by atoms with Crippen LogP contribution in [0.2, 0.25) is 0 Å². The van der Waals surface area contributed by atoms with Crippen LogP contribution in [-0.2, 0) is 0 Å². The van der Waals surface area contributed by atoms with Crippen molar-refractivity contribution in [3.05, 3.63) is 29.6 Å². The number of piperazine rings is 1. The minimum atomic E-state index is -0.302. The molecule has 1 N–H and O–H groups in total. The van der Waals surface area contributed by atoms with Crippen LogP contribution < -0.4 is 10.1 Å². The van der Waals surface area contributed by atoms with Crippen LogP contribution in [0.15, 0.2) is 18.2 Å². The highest BCUT2D eigenvalue weighted by atomic mass is 35.5. The highest BCUT2D eigenvalue weighted by Crippen LogP contribution is 2.26. The van der Waals surface area contributed by atoms with Gasteiger partial charge in [-0.25, -0.2) is 4.39 Å². The van der Waals surface area contributed by atoms with E-state index in [4.69, 9.17) is 4.74 Å². The molecule has 0 unspecified atom stereocenters. The Bertz CT molecular complexity index is 383. The summed E-state index contributed by atoms with van der Waals surface area (Å²) in [5.74, 6) is 0.0215. The number of methoxy groups -OCH3 is 1. The summed E-state index contributed by atoms with van der Waals surface area (Å²) >= 11 is 0. The lowest BCUT2D eigenvalue weighted by molar-refractivity contribution is 0.185. The molecule has 1 aliphatic heterocycles. The SMILES string of the molecule is COc1cc([C@@H](C)N2CCNCC2)ccc1F.Cl. The van der Waals surface area contributed by atoms with Gasteiger partial charge in [0.15, 0.2) is 11.6 Å². The van der Waals surface area contributed by atoms with Crippen LogP contribution in [0.5, 0.6) is 5.75 Å². The number of halogens is 2. The van der Waals surface area contributed by atoms with Gasteiger partial charge in [0.05, 0.1) is 7.11 Å². The summed E-state index contributed by atoms with van der Waals surface area (Å²) in [6.45, 7) is 6.24. The van der Waals surface area contributed by atoms with E-state index < -0.39 is 0 Å². The first-order valence-electron chi connectivity index (χ1n) is 6.00. The number of rotatable bonds is 3. The van der Waals surface area contributed by atoms with Gasteiger partial charge in [-0.3, -0.25) is 4.90 Å². The number of nitrogens with one attached hydrogen (secondary N) is 1. The average Bonchev–Trinajstić information content (AvgIpc) is 2.39. The van der Waals surface area contributed by atoms with Gasteiger partial charge >= 0.3 is 0 Å². The number of nitrogens with zero attached hydrogens (tertiary/aromatic N) is 1. The maximum atomic E-state index is 13.3. The maximum absolute atomic E-state index is 13.3. The molecule has 18 heavy (non-hydrogen) atoms.